The van der Waals surface area contributed by atoms with E-state index in [1.54, 1.807) is 17.1 Å². The Labute approximate surface area is 140 Å². The molecule has 1 amide bonds. The Morgan fingerprint density at radius 3 is 2.58 bits per heavy atom. The zero-order chi connectivity index (χ0) is 17.5. The van der Waals surface area contributed by atoms with Crippen LogP contribution >= 0.6 is 0 Å². The number of aryl methyl sites for hydroxylation is 1. The molecule has 0 aliphatic rings. The van der Waals surface area contributed by atoms with E-state index in [4.69, 9.17) is 9.47 Å². The highest BCUT2D eigenvalue weighted by atomic mass is 16.6. The van der Waals surface area contributed by atoms with Gasteiger partial charge < -0.3 is 14.0 Å². The summed E-state index contributed by atoms with van der Waals surface area (Å²) in [6.07, 6.45) is 3.09. The summed E-state index contributed by atoms with van der Waals surface area (Å²) >= 11 is 0. The molecule has 1 atom stereocenters. The summed E-state index contributed by atoms with van der Waals surface area (Å²) < 4.78 is 11.8. The molecule has 7 nitrogen and oxygen atoms in total. The van der Waals surface area contributed by atoms with Crippen LogP contribution in [0.1, 0.15) is 11.3 Å². The number of hydrogen-bond donors (Lipinski definition) is 0. The van der Waals surface area contributed by atoms with Crippen molar-refractivity contribution in [2.75, 3.05) is 14.2 Å². The van der Waals surface area contributed by atoms with E-state index in [9.17, 15) is 9.59 Å². The van der Waals surface area contributed by atoms with Crippen molar-refractivity contribution in [3.8, 4) is 0 Å². The van der Waals surface area contributed by atoms with Gasteiger partial charge in [0.15, 0.2) is 0 Å². The first kappa shape index (κ1) is 17.5. The number of carbonyl (C=O) groups is 2. The number of benzene rings is 1. The molecule has 2 rings (SSSR count). The van der Waals surface area contributed by atoms with Crippen molar-refractivity contribution in [3.63, 3.8) is 0 Å². The second-order valence-electron chi connectivity index (χ2n) is 5.42. The zero-order valence-corrected chi connectivity index (χ0v) is 14.0. The van der Waals surface area contributed by atoms with Gasteiger partial charge in [0.25, 0.3) is 0 Å². The molecular weight excluding hydrogens is 310 g/mol. The molecule has 0 unspecified atom stereocenters. The number of methoxy groups -OCH3 is 1. The molecule has 1 aromatic carbocycles. The Kier molecular flexibility index (Phi) is 5.95. The van der Waals surface area contributed by atoms with Gasteiger partial charge in [-0.2, -0.15) is 0 Å². The molecule has 0 aliphatic heterocycles. The molecule has 0 bridgehead atoms. The fourth-order valence-electron chi connectivity index (χ4n) is 2.23. The van der Waals surface area contributed by atoms with E-state index in [2.05, 4.69) is 4.98 Å². The molecule has 0 spiro atoms. The fraction of sp³-hybridized carbons (Fsp3) is 0.353. The number of rotatable bonds is 6. The lowest BCUT2D eigenvalue weighted by Crippen LogP contribution is -2.44. The molecule has 7 heteroatoms. The smallest absolute Gasteiger partial charge is 0.410 e. The first-order chi connectivity index (χ1) is 11.5. The molecule has 1 aromatic heterocycles. The normalized spacial score (nSPS) is 11.6. The van der Waals surface area contributed by atoms with Crippen molar-refractivity contribution in [2.24, 2.45) is 7.05 Å². The average Bonchev–Trinajstić information content (AvgIpc) is 3.02. The largest absolute Gasteiger partial charge is 0.467 e. The van der Waals surface area contributed by atoms with Gasteiger partial charge in [0.2, 0.25) is 0 Å². The van der Waals surface area contributed by atoms with Gasteiger partial charge in [-0.05, 0) is 5.56 Å². The van der Waals surface area contributed by atoms with Gasteiger partial charge in [0, 0.05) is 26.7 Å². The topological polar surface area (TPSA) is 73.7 Å². The van der Waals surface area contributed by atoms with Gasteiger partial charge >= 0.3 is 12.1 Å². The van der Waals surface area contributed by atoms with E-state index in [0.29, 0.717) is 5.69 Å². The number of nitrogens with zero attached hydrogens (tertiary/aromatic N) is 3. The van der Waals surface area contributed by atoms with Gasteiger partial charge in [-0.3, -0.25) is 4.90 Å². The maximum Gasteiger partial charge on any atom is 0.410 e. The first-order valence-corrected chi connectivity index (χ1v) is 7.49. The molecule has 0 saturated heterocycles. The minimum atomic E-state index is -0.798. The SMILES string of the molecule is COC(=O)[C@H](Cc1cn(C)cn1)N(C)C(=O)OCc1ccccc1. The minimum absolute atomic E-state index is 0.140. The van der Waals surface area contributed by atoms with E-state index in [1.165, 1.54) is 19.1 Å². The van der Waals surface area contributed by atoms with Crippen LogP contribution in [0.2, 0.25) is 0 Å². The molecular formula is C17H21N3O4. The van der Waals surface area contributed by atoms with Crippen molar-refractivity contribution in [3.05, 3.63) is 54.1 Å². The minimum Gasteiger partial charge on any atom is -0.467 e. The molecule has 0 radical (unpaired) electrons. The summed E-state index contributed by atoms with van der Waals surface area (Å²) in [5.74, 6) is -0.514. The third-order valence-electron chi connectivity index (χ3n) is 3.59. The van der Waals surface area contributed by atoms with Crippen LogP contribution in [0, 0.1) is 0 Å². The Morgan fingerprint density at radius 1 is 1.29 bits per heavy atom. The van der Waals surface area contributed by atoms with Crippen molar-refractivity contribution in [2.45, 2.75) is 19.1 Å². The third kappa shape index (κ3) is 4.58. The quantitative estimate of drug-likeness (QED) is 0.754. The van der Waals surface area contributed by atoms with E-state index < -0.39 is 18.1 Å². The van der Waals surface area contributed by atoms with Crippen molar-refractivity contribution in [1.82, 2.24) is 14.5 Å². The van der Waals surface area contributed by atoms with Crippen LogP contribution < -0.4 is 0 Å². The van der Waals surface area contributed by atoms with E-state index in [1.807, 2.05) is 37.4 Å². The van der Waals surface area contributed by atoms with E-state index in [-0.39, 0.29) is 13.0 Å². The molecule has 0 N–H and O–H groups in total. The van der Waals surface area contributed by atoms with Crippen LogP contribution in [0.4, 0.5) is 4.79 Å². The molecule has 128 valence electrons. The molecule has 0 fully saturated rings. The lowest BCUT2D eigenvalue weighted by atomic mass is 10.1. The van der Waals surface area contributed by atoms with Crippen LogP contribution in [0.15, 0.2) is 42.9 Å². The van der Waals surface area contributed by atoms with E-state index in [0.717, 1.165) is 5.56 Å². The molecule has 1 heterocycles. The molecule has 0 aliphatic carbocycles. The lowest BCUT2D eigenvalue weighted by molar-refractivity contribution is -0.146. The third-order valence-corrected chi connectivity index (χ3v) is 3.59. The number of esters is 1. The van der Waals surface area contributed by atoms with Crippen LogP contribution in [-0.4, -0.2) is 46.7 Å². The number of aromatic nitrogens is 2. The van der Waals surface area contributed by atoms with Crippen LogP contribution in [-0.2, 0) is 34.3 Å². The lowest BCUT2D eigenvalue weighted by Gasteiger charge is -2.24. The standard InChI is InChI=1S/C17H21N3O4/c1-19-10-14(18-12-19)9-15(16(21)23-3)20(2)17(22)24-11-13-7-5-4-6-8-13/h4-8,10,12,15H,9,11H2,1-3H3/t15-/m0/s1. The number of hydrogen-bond acceptors (Lipinski definition) is 5. The van der Waals surface area contributed by atoms with Crippen LogP contribution in [0.3, 0.4) is 0 Å². The Hall–Kier alpha value is -2.83. The van der Waals surface area contributed by atoms with Crippen LogP contribution in [0.5, 0.6) is 0 Å². The van der Waals surface area contributed by atoms with Crippen LogP contribution in [0.25, 0.3) is 0 Å². The Bertz CT molecular complexity index is 684. The van der Waals surface area contributed by atoms with Crippen molar-refractivity contribution in [1.29, 1.82) is 0 Å². The Morgan fingerprint density at radius 2 is 2.00 bits per heavy atom. The maximum atomic E-state index is 12.2. The van der Waals surface area contributed by atoms with Gasteiger partial charge in [-0.15, -0.1) is 0 Å². The predicted octanol–water partition coefficient (Wildman–Crippen LogP) is 1.77. The summed E-state index contributed by atoms with van der Waals surface area (Å²) in [7, 11) is 4.64. The summed E-state index contributed by atoms with van der Waals surface area (Å²) in [6.45, 7) is 0.140. The second kappa shape index (κ2) is 8.14. The van der Waals surface area contributed by atoms with Gasteiger partial charge in [0.1, 0.15) is 12.6 Å². The van der Waals surface area contributed by atoms with Gasteiger partial charge in [-0.25, -0.2) is 14.6 Å². The predicted molar refractivity (Wildman–Crippen MR) is 87.1 cm³/mol. The number of amides is 1. The summed E-state index contributed by atoms with van der Waals surface area (Å²) in [5.41, 5.74) is 1.56. The monoisotopic (exact) mass is 331 g/mol. The number of carbonyl (C=O) groups excluding carboxylic acids is 2. The molecule has 24 heavy (non-hydrogen) atoms. The zero-order valence-electron chi connectivity index (χ0n) is 14.0. The Balaban J connectivity index is 2.01. The summed E-state index contributed by atoms with van der Waals surface area (Å²) in [6, 6.07) is 8.54. The number of imidazole rings is 1. The van der Waals surface area contributed by atoms with Gasteiger partial charge in [0.05, 0.1) is 19.1 Å². The fourth-order valence-corrected chi connectivity index (χ4v) is 2.23. The molecule has 0 saturated carbocycles. The number of likely N-dealkylation sites (N-methyl/N-ethyl adjacent to an activating group) is 1. The van der Waals surface area contributed by atoms with Crippen molar-refractivity contribution < 1.29 is 19.1 Å². The molecule has 2 aromatic rings. The first-order valence-electron chi connectivity index (χ1n) is 7.49. The summed E-state index contributed by atoms with van der Waals surface area (Å²) in [5, 5.41) is 0. The highest BCUT2D eigenvalue weighted by Crippen LogP contribution is 2.10. The summed E-state index contributed by atoms with van der Waals surface area (Å²) in [4.78, 5) is 29.7. The number of ether oxygens (including phenoxy) is 2. The second-order valence-corrected chi connectivity index (χ2v) is 5.42. The maximum absolute atomic E-state index is 12.2. The average molecular weight is 331 g/mol. The van der Waals surface area contributed by atoms with E-state index >= 15 is 0 Å². The van der Waals surface area contributed by atoms with Crippen molar-refractivity contribution >= 4 is 12.1 Å². The van der Waals surface area contributed by atoms with Gasteiger partial charge in [-0.1, -0.05) is 30.3 Å². The highest BCUT2D eigenvalue weighted by molar-refractivity contribution is 5.81. The highest BCUT2D eigenvalue weighted by Gasteiger charge is 2.29.